The molecule has 1 atom stereocenters. The van der Waals surface area contributed by atoms with Crippen LogP contribution < -0.4 is 10.6 Å². The smallest absolute Gasteiger partial charge is 0.157 e. The zero-order valence-electron chi connectivity index (χ0n) is 12.0. The van der Waals surface area contributed by atoms with E-state index >= 15 is 0 Å². The van der Waals surface area contributed by atoms with Gasteiger partial charge in [-0.15, -0.1) is 0 Å². The molecule has 4 heteroatoms. The quantitative estimate of drug-likeness (QED) is 0.784. The number of imidazole rings is 1. The molecule has 4 rings (SSSR count). The first-order valence-corrected chi connectivity index (χ1v) is 7.33. The Morgan fingerprint density at radius 2 is 2.00 bits per heavy atom. The minimum atomic E-state index is 0.401. The van der Waals surface area contributed by atoms with Crippen molar-refractivity contribution in [1.82, 2.24) is 9.38 Å². The van der Waals surface area contributed by atoms with E-state index in [9.17, 15) is 0 Å². The minimum Gasteiger partial charge on any atom is -0.325 e. The second-order valence-electron chi connectivity index (χ2n) is 5.57. The molecule has 0 aliphatic carbocycles. The zero-order chi connectivity index (χ0) is 14.4. The van der Waals surface area contributed by atoms with E-state index < -0.39 is 0 Å². The van der Waals surface area contributed by atoms with Crippen LogP contribution in [-0.2, 0) is 13.0 Å². The number of para-hydroxylation sites is 1. The van der Waals surface area contributed by atoms with Crippen molar-refractivity contribution in [2.24, 2.45) is 5.73 Å². The first-order chi connectivity index (χ1) is 10.3. The molecule has 21 heavy (non-hydrogen) atoms. The Bertz CT molecular complexity index is 805. The van der Waals surface area contributed by atoms with Crippen LogP contribution in [0.4, 0.5) is 11.5 Å². The van der Waals surface area contributed by atoms with Gasteiger partial charge in [0, 0.05) is 24.5 Å². The van der Waals surface area contributed by atoms with Crippen molar-refractivity contribution in [3.8, 4) is 0 Å². The molecule has 1 aliphatic heterocycles. The summed E-state index contributed by atoms with van der Waals surface area (Å²) >= 11 is 0. The van der Waals surface area contributed by atoms with E-state index in [1.165, 1.54) is 11.3 Å². The van der Waals surface area contributed by atoms with Crippen LogP contribution in [-0.4, -0.2) is 15.4 Å². The van der Waals surface area contributed by atoms with Crippen LogP contribution >= 0.6 is 0 Å². The maximum Gasteiger partial charge on any atom is 0.157 e. The highest BCUT2D eigenvalue weighted by Crippen LogP contribution is 2.39. The van der Waals surface area contributed by atoms with Gasteiger partial charge in [-0.1, -0.05) is 24.3 Å². The van der Waals surface area contributed by atoms with E-state index in [4.69, 9.17) is 10.7 Å². The molecule has 2 N–H and O–H groups in total. The van der Waals surface area contributed by atoms with Gasteiger partial charge in [-0.05, 0) is 37.1 Å². The van der Waals surface area contributed by atoms with Gasteiger partial charge < -0.3 is 15.0 Å². The van der Waals surface area contributed by atoms with Gasteiger partial charge in [0.25, 0.3) is 0 Å². The number of rotatable bonds is 2. The summed E-state index contributed by atoms with van der Waals surface area (Å²) < 4.78 is 2.09. The lowest BCUT2D eigenvalue weighted by Crippen LogP contribution is -2.25. The Morgan fingerprint density at radius 3 is 2.86 bits per heavy atom. The summed E-state index contributed by atoms with van der Waals surface area (Å²) in [6.45, 7) is 2.72. The third-order valence-corrected chi connectivity index (χ3v) is 4.24. The highest BCUT2D eigenvalue weighted by atomic mass is 15.3. The molecule has 0 amide bonds. The molecule has 0 saturated carbocycles. The first-order valence-electron chi connectivity index (χ1n) is 7.33. The zero-order valence-corrected chi connectivity index (χ0v) is 12.0. The van der Waals surface area contributed by atoms with Crippen LogP contribution in [0.25, 0.3) is 5.65 Å². The molecule has 0 fully saturated rings. The number of nitrogens with zero attached hydrogens (tertiary/aromatic N) is 3. The highest BCUT2D eigenvalue weighted by Gasteiger charge is 2.30. The molecule has 3 aromatic rings. The Labute approximate surface area is 123 Å². The van der Waals surface area contributed by atoms with Gasteiger partial charge in [-0.2, -0.15) is 0 Å². The number of hydrogen-bond acceptors (Lipinski definition) is 3. The summed E-state index contributed by atoms with van der Waals surface area (Å²) in [5.74, 6) is 0.987. The van der Waals surface area contributed by atoms with Crippen LogP contribution in [0.1, 0.15) is 18.2 Å². The average Bonchev–Trinajstić information content (AvgIpc) is 3.02. The molecular weight excluding hydrogens is 260 g/mol. The number of hydrogen-bond donors (Lipinski definition) is 1. The lowest BCUT2D eigenvalue weighted by atomic mass is 10.1. The van der Waals surface area contributed by atoms with Crippen molar-refractivity contribution in [2.75, 3.05) is 4.90 Å². The van der Waals surface area contributed by atoms with Crippen molar-refractivity contribution in [2.45, 2.75) is 25.9 Å². The Hall–Kier alpha value is -2.33. The van der Waals surface area contributed by atoms with E-state index in [0.717, 1.165) is 23.6 Å². The molecule has 106 valence electrons. The third-order valence-electron chi connectivity index (χ3n) is 4.24. The van der Waals surface area contributed by atoms with E-state index in [1.807, 2.05) is 24.4 Å². The predicted octanol–water partition coefficient (Wildman–Crippen LogP) is 2.88. The topological polar surface area (TPSA) is 46.6 Å². The predicted molar refractivity (Wildman–Crippen MR) is 84.8 cm³/mol. The second kappa shape index (κ2) is 4.60. The number of benzene rings is 1. The maximum absolute atomic E-state index is 6.01. The van der Waals surface area contributed by atoms with Crippen molar-refractivity contribution in [3.63, 3.8) is 0 Å². The fourth-order valence-electron chi connectivity index (χ4n) is 3.31. The highest BCUT2D eigenvalue weighted by molar-refractivity contribution is 5.72. The van der Waals surface area contributed by atoms with Gasteiger partial charge in [-0.25, -0.2) is 4.98 Å². The molecule has 0 spiro atoms. The molecule has 1 unspecified atom stereocenters. The van der Waals surface area contributed by atoms with Crippen molar-refractivity contribution in [3.05, 3.63) is 59.9 Å². The maximum atomic E-state index is 6.01. The Balaban J connectivity index is 1.94. The number of aromatic nitrogens is 2. The second-order valence-corrected chi connectivity index (χ2v) is 5.57. The van der Waals surface area contributed by atoms with Gasteiger partial charge in [-0.3, -0.25) is 0 Å². The lowest BCUT2D eigenvalue weighted by Gasteiger charge is -2.23. The number of nitrogens with two attached hydrogens (primary N) is 1. The van der Waals surface area contributed by atoms with Crippen molar-refractivity contribution >= 4 is 17.2 Å². The number of pyridine rings is 1. The molecule has 0 saturated heterocycles. The van der Waals surface area contributed by atoms with Gasteiger partial charge in [0.2, 0.25) is 0 Å². The van der Waals surface area contributed by atoms with Crippen LogP contribution in [0.3, 0.4) is 0 Å². The molecule has 4 nitrogen and oxygen atoms in total. The molecular formula is C17H18N4. The average molecular weight is 278 g/mol. The monoisotopic (exact) mass is 278 g/mol. The summed E-state index contributed by atoms with van der Waals surface area (Å²) in [4.78, 5) is 7.15. The largest absolute Gasteiger partial charge is 0.325 e. The van der Waals surface area contributed by atoms with E-state index in [-0.39, 0.29) is 0 Å². The SMILES string of the molecule is CC1Cc2ccccc2N1c1nc2ccccn2c1CN. The van der Waals surface area contributed by atoms with E-state index in [2.05, 4.69) is 40.5 Å². The number of fused-ring (bicyclic) bond motifs is 2. The molecule has 2 aromatic heterocycles. The summed E-state index contributed by atoms with van der Waals surface area (Å²) in [6, 6.07) is 15.0. The van der Waals surface area contributed by atoms with E-state index in [1.54, 1.807) is 0 Å². The molecule has 1 aliphatic rings. The molecule has 0 radical (unpaired) electrons. The lowest BCUT2D eigenvalue weighted by molar-refractivity contribution is 0.746. The van der Waals surface area contributed by atoms with Gasteiger partial charge >= 0.3 is 0 Å². The van der Waals surface area contributed by atoms with Crippen molar-refractivity contribution < 1.29 is 0 Å². The fraction of sp³-hybridized carbons (Fsp3) is 0.235. The van der Waals surface area contributed by atoms with Gasteiger partial charge in [0.1, 0.15) is 5.65 Å². The molecule has 1 aromatic carbocycles. The van der Waals surface area contributed by atoms with E-state index in [0.29, 0.717) is 12.6 Å². The summed E-state index contributed by atoms with van der Waals surface area (Å²) in [7, 11) is 0. The Morgan fingerprint density at radius 1 is 1.19 bits per heavy atom. The fourth-order valence-corrected chi connectivity index (χ4v) is 3.31. The summed E-state index contributed by atoms with van der Waals surface area (Å²) in [5.41, 5.74) is 10.7. The van der Waals surface area contributed by atoms with Crippen LogP contribution in [0.2, 0.25) is 0 Å². The minimum absolute atomic E-state index is 0.401. The van der Waals surface area contributed by atoms with Crippen molar-refractivity contribution in [1.29, 1.82) is 0 Å². The number of anilines is 2. The normalized spacial score (nSPS) is 17.4. The molecule has 3 heterocycles. The standard InChI is InChI=1S/C17H18N4/c1-12-10-13-6-2-3-7-14(13)21(12)17-15(11-18)20-9-5-4-8-16(20)19-17/h2-9,12H,10-11,18H2,1H3. The Kier molecular flexibility index (Phi) is 2.72. The third kappa shape index (κ3) is 1.76. The van der Waals surface area contributed by atoms with Crippen LogP contribution in [0.15, 0.2) is 48.7 Å². The van der Waals surface area contributed by atoms with Gasteiger partial charge in [0.05, 0.1) is 5.69 Å². The van der Waals surface area contributed by atoms with Crippen LogP contribution in [0.5, 0.6) is 0 Å². The molecule has 0 bridgehead atoms. The first kappa shape index (κ1) is 12.4. The van der Waals surface area contributed by atoms with Gasteiger partial charge in [0.15, 0.2) is 5.82 Å². The summed E-state index contributed by atoms with van der Waals surface area (Å²) in [5, 5.41) is 0. The van der Waals surface area contributed by atoms with Crippen LogP contribution in [0, 0.1) is 0 Å². The summed E-state index contributed by atoms with van der Waals surface area (Å²) in [6.07, 6.45) is 3.08.